The molecule has 2 aromatic heterocycles. The van der Waals surface area contributed by atoms with Gasteiger partial charge in [0, 0.05) is 17.5 Å². The highest BCUT2D eigenvalue weighted by atomic mass is 35.5. The fourth-order valence-corrected chi connectivity index (χ4v) is 1.73. The van der Waals surface area contributed by atoms with Crippen molar-refractivity contribution < 1.29 is 4.79 Å². The Morgan fingerprint density at radius 2 is 2.21 bits per heavy atom. The number of amides is 1. The van der Waals surface area contributed by atoms with Gasteiger partial charge in [0.05, 0.1) is 5.56 Å². The number of hydrogen-bond acceptors (Lipinski definition) is 4. The number of halogens is 1. The van der Waals surface area contributed by atoms with E-state index in [-0.39, 0.29) is 11.1 Å². The number of nitrogens with one attached hydrogen (secondary N) is 1. The largest absolute Gasteiger partial charge is 0.307 e. The minimum atomic E-state index is -0.329. The van der Waals surface area contributed by atoms with Crippen LogP contribution in [0, 0.1) is 18.3 Å². The van der Waals surface area contributed by atoms with Crippen LogP contribution in [0.1, 0.15) is 21.6 Å². The number of aromatic nitrogens is 2. The molecule has 2 heterocycles. The first-order valence-electron chi connectivity index (χ1n) is 5.40. The van der Waals surface area contributed by atoms with Crippen LogP contribution in [0.3, 0.4) is 0 Å². The predicted molar refractivity (Wildman–Crippen MR) is 70.9 cm³/mol. The third kappa shape index (κ3) is 3.27. The number of hydrogen-bond donors (Lipinski definition) is 1. The molecule has 1 N–H and O–H groups in total. The smallest absolute Gasteiger partial charge is 0.256 e. The Kier molecular flexibility index (Phi) is 3.74. The van der Waals surface area contributed by atoms with E-state index in [2.05, 4.69) is 15.3 Å². The fraction of sp³-hybridized carbons (Fsp3) is 0.0769. The van der Waals surface area contributed by atoms with Crippen molar-refractivity contribution in [2.75, 3.05) is 5.32 Å². The zero-order valence-corrected chi connectivity index (χ0v) is 10.8. The van der Waals surface area contributed by atoms with E-state index in [4.69, 9.17) is 16.9 Å². The second kappa shape index (κ2) is 5.46. The molecule has 0 aliphatic heterocycles. The minimum Gasteiger partial charge on any atom is -0.307 e. The van der Waals surface area contributed by atoms with Crippen molar-refractivity contribution in [3.63, 3.8) is 0 Å². The lowest BCUT2D eigenvalue weighted by Crippen LogP contribution is -2.13. The number of carbonyl (C=O) groups is 1. The molecule has 5 nitrogen and oxygen atoms in total. The molecule has 0 radical (unpaired) electrons. The number of pyridine rings is 2. The lowest BCUT2D eigenvalue weighted by molar-refractivity contribution is 0.102. The maximum atomic E-state index is 12.0. The van der Waals surface area contributed by atoms with Gasteiger partial charge in [-0.15, -0.1) is 0 Å². The first-order valence-corrected chi connectivity index (χ1v) is 5.78. The summed E-state index contributed by atoms with van der Waals surface area (Å²) in [6, 6.07) is 8.20. The lowest BCUT2D eigenvalue weighted by atomic mass is 10.2. The van der Waals surface area contributed by atoms with E-state index in [9.17, 15) is 4.79 Å². The summed E-state index contributed by atoms with van der Waals surface area (Å²) in [5, 5.41) is 11.5. The van der Waals surface area contributed by atoms with Crippen LogP contribution in [0.25, 0.3) is 0 Å². The summed E-state index contributed by atoms with van der Waals surface area (Å²) in [4.78, 5) is 19.9. The fourth-order valence-electron chi connectivity index (χ4n) is 1.48. The maximum absolute atomic E-state index is 12.0. The number of nitrogens with zero attached hydrogens (tertiary/aromatic N) is 3. The second-order valence-corrected chi connectivity index (χ2v) is 4.21. The number of aryl methyl sites for hydroxylation is 1. The molecular weight excluding hydrogens is 264 g/mol. The standard InChI is InChI=1S/C13H9ClN4O/c1-8-4-10(5-11(14)17-8)13(19)18-12-3-2-9(6-15)7-16-12/h2-5,7H,1H3,(H,16,18,19). The normalized spacial score (nSPS) is 9.74. The Morgan fingerprint density at radius 3 is 2.79 bits per heavy atom. The van der Waals surface area contributed by atoms with E-state index in [0.717, 1.165) is 0 Å². The average Bonchev–Trinajstić information content (AvgIpc) is 2.38. The number of anilines is 1. The minimum absolute atomic E-state index is 0.262. The molecule has 2 rings (SSSR count). The first kappa shape index (κ1) is 13.0. The average molecular weight is 273 g/mol. The number of carbonyl (C=O) groups excluding carboxylic acids is 1. The zero-order valence-electron chi connectivity index (χ0n) is 10.0. The topological polar surface area (TPSA) is 78.7 Å². The highest BCUT2D eigenvalue weighted by Gasteiger charge is 2.09. The third-order valence-electron chi connectivity index (χ3n) is 2.32. The van der Waals surface area contributed by atoms with Crippen LogP contribution < -0.4 is 5.32 Å². The Labute approximate surface area is 114 Å². The van der Waals surface area contributed by atoms with Crippen LogP contribution >= 0.6 is 11.6 Å². The third-order valence-corrected chi connectivity index (χ3v) is 2.51. The molecule has 0 aromatic carbocycles. The monoisotopic (exact) mass is 272 g/mol. The van der Waals surface area contributed by atoms with E-state index in [0.29, 0.717) is 22.6 Å². The summed E-state index contributed by atoms with van der Waals surface area (Å²) in [6.07, 6.45) is 1.39. The molecule has 19 heavy (non-hydrogen) atoms. The van der Waals surface area contributed by atoms with Crippen LogP contribution in [0.4, 0.5) is 5.82 Å². The molecule has 0 bridgehead atoms. The molecule has 0 unspecified atom stereocenters. The van der Waals surface area contributed by atoms with E-state index < -0.39 is 0 Å². The molecule has 6 heteroatoms. The highest BCUT2D eigenvalue weighted by molar-refractivity contribution is 6.29. The Balaban J connectivity index is 2.18. The van der Waals surface area contributed by atoms with Crippen molar-refractivity contribution in [2.45, 2.75) is 6.92 Å². The summed E-state index contributed by atoms with van der Waals surface area (Å²) in [5.41, 5.74) is 1.50. The SMILES string of the molecule is Cc1cc(C(=O)Nc2ccc(C#N)cn2)cc(Cl)n1. The highest BCUT2D eigenvalue weighted by Crippen LogP contribution is 2.12. The molecule has 0 saturated carbocycles. The molecule has 0 spiro atoms. The van der Waals surface area contributed by atoms with Gasteiger partial charge in [-0.1, -0.05) is 11.6 Å². The van der Waals surface area contributed by atoms with Crippen molar-refractivity contribution >= 4 is 23.3 Å². The molecular formula is C13H9ClN4O. The molecule has 2 aromatic rings. The second-order valence-electron chi connectivity index (χ2n) is 3.82. The van der Waals surface area contributed by atoms with Crippen molar-refractivity contribution in [1.29, 1.82) is 5.26 Å². The van der Waals surface area contributed by atoms with Crippen molar-refractivity contribution in [3.05, 3.63) is 52.4 Å². The molecule has 0 atom stereocenters. The maximum Gasteiger partial charge on any atom is 0.256 e. The summed E-state index contributed by atoms with van der Waals surface area (Å²) in [5.74, 6) is 0.0409. The van der Waals surface area contributed by atoms with Crippen LogP contribution in [0.15, 0.2) is 30.5 Å². The molecule has 0 aliphatic rings. The quantitative estimate of drug-likeness (QED) is 0.852. The van der Waals surface area contributed by atoms with E-state index in [1.807, 2.05) is 6.07 Å². The van der Waals surface area contributed by atoms with E-state index in [1.165, 1.54) is 12.3 Å². The van der Waals surface area contributed by atoms with Crippen molar-refractivity contribution in [3.8, 4) is 6.07 Å². The Morgan fingerprint density at radius 1 is 1.42 bits per heavy atom. The Bertz CT molecular complexity index is 641. The van der Waals surface area contributed by atoms with Gasteiger partial charge in [0.1, 0.15) is 17.0 Å². The molecule has 0 aliphatic carbocycles. The van der Waals surface area contributed by atoms with E-state index >= 15 is 0 Å². The van der Waals surface area contributed by atoms with Crippen LogP contribution in [0.5, 0.6) is 0 Å². The summed E-state index contributed by atoms with van der Waals surface area (Å²) in [7, 11) is 0. The van der Waals surface area contributed by atoms with Gasteiger partial charge < -0.3 is 5.32 Å². The van der Waals surface area contributed by atoms with Gasteiger partial charge in [-0.3, -0.25) is 4.79 Å². The van der Waals surface area contributed by atoms with Crippen LogP contribution in [-0.4, -0.2) is 15.9 Å². The van der Waals surface area contributed by atoms with Gasteiger partial charge in [0.2, 0.25) is 0 Å². The molecule has 1 amide bonds. The van der Waals surface area contributed by atoms with Gasteiger partial charge in [-0.2, -0.15) is 5.26 Å². The van der Waals surface area contributed by atoms with Gasteiger partial charge in [-0.25, -0.2) is 9.97 Å². The van der Waals surface area contributed by atoms with Gasteiger partial charge in [-0.05, 0) is 31.2 Å². The zero-order chi connectivity index (χ0) is 13.8. The van der Waals surface area contributed by atoms with Crippen molar-refractivity contribution in [1.82, 2.24) is 9.97 Å². The van der Waals surface area contributed by atoms with Crippen LogP contribution in [0.2, 0.25) is 5.15 Å². The van der Waals surface area contributed by atoms with Crippen molar-refractivity contribution in [2.24, 2.45) is 0 Å². The van der Waals surface area contributed by atoms with E-state index in [1.54, 1.807) is 25.1 Å². The first-order chi connectivity index (χ1) is 9.08. The van der Waals surface area contributed by atoms with Crippen LogP contribution in [-0.2, 0) is 0 Å². The lowest BCUT2D eigenvalue weighted by Gasteiger charge is -2.05. The molecule has 94 valence electrons. The number of nitriles is 1. The van der Waals surface area contributed by atoms with Gasteiger partial charge in [0.25, 0.3) is 5.91 Å². The summed E-state index contributed by atoms with van der Waals surface area (Å²) in [6.45, 7) is 1.75. The summed E-state index contributed by atoms with van der Waals surface area (Å²) < 4.78 is 0. The summed E-state index contributed by atoms with van der Waals surface area (Å²) >= 11 is 5.79. The molecule has 0 fully saturated rings. The van der Waals surface area contributed by atoms with Gasteiger partial charge in [0.15, 0.2) is 0 Å². The molecule has 0 saturated heterocycles. The predicted octanol–water partition coefficient (Wildman–Crippen LogP) is 2.56. The Hall–Kier alpha value is -2.45. The number of rotatable bonds is 2. The van der Waals surface area contributed by atoms with Gasteiger partial charge >= 0.3 is 0 Å².